The molecule has 0 aromatic rings. The molecule has 9 nitrogen and oxygen atoms in total. The summed E-state index contributed by atoms with van der Waals surface area (Å²) in [6.45, 7) is 15.8. The maximum Gasteiger partial charge on any atom is 0.408 e. The Labute approximate surface area is 200 Å². The molecular weight excluding hydrogens is 446 g/mol. The number of thioether (sulfide) groups is 1. The quantitative estimate of drug-likeness (QED) is 0.233. The van der Waals surface area contributed by atoms with E-state index in [-0.39, 0.29) is 29.2 Å². The Hall–Kier alpha value is -1.81. The molecule has 2 aliphatic rings. The zero-order valence-corrected chi connectivity index (χ0v) is 22.0. The maximum absolute atomic E-state index is 13.5. The van der Waals surface area contributed by atoms with Crippen LogP contribution in [0.15, 0.2) is 0 Å². The first kappa shape index (κ1) is 27.4. The molecular formula is C23H39N3O6S. The van der Waals surface area contributed by atoms with E-state index in [1.807, 2.05) is 0 Å². The molecule has 0 saturated heterocycles. The second-order valence-corrected chi connectivity index (χ2v) is 13.1. The first-order chi connectivity index (χ1) is 14.8. The van der Waals surface area contributed by atoms with Crippen LogP contribution in [-0.2, 0) is 23.8 Å². The van der Waals surface area contributed by atoms with Crippen molar-refractivity contribution in [3.8, 4) is 0 Å². The standard InChI is InChI=1S/C23H39N3O6S/c1-20(2,3)30-17(27)15-14-12(33-13(25)11-24)10-23(16(14)15,18(28)31-21(4,5)6)26-19(29)32-22(7,8)9/h12,14-16,25H,10-11,24H2,1-9H3,(H,26,29). The van der Waals surface area contributed by atoms with Gasteiger partial charge in [-0.05, 0) is 74.7 Å². The number of nitrogens with two attached hydrogens (primary N) is 1. The van der Waals surface area contributed by atoms with Crippen molar-refractivity contribution in [3.63, 3.8) is 0 Å². The van der Waals surface area contributed by atoms with Gasteiger partial charge >= 0.3 is 18.0 Å². The Morgan fingerprint density at radius 1 is 0.970 bits per heavy atom. The van der Waals surface area contributed by atoms with E-state index in [2.05, 4.69) is 5.32 Å². The first-order valence-electron chi connectivity index (χ1n) is 11.2. The minimum atomic E-state index is -1.48. The SMILES string of the molecule is CC(C)(C)OC(=O)NC1(C(=O)OC(C)(C)C)CC(SC(=N)CN)C2C(C(=O)OC(C)(C)C)C21. The number of carbonyl (C=O) groups excluding carboxylic acids is 3. The van der Waals surface area contributed by atoms with Gasteiger partial charge in [-0.3, -0.25) is 10.2 Å². The van der Waals surface area contributed by atoms with Crippen molar-refractivity contribution in [2.45, 2.75) is 96.3 Å². The monoisotopic (exact) mass is 485 g/mol. The number of fused-ring (bicyclic) bond motifs is 1. The van der Waals surface area contributed by atoms with Crippen molar-refractivity contribution in [1.29, 1.82) is 5.41 Å². The Morgan fingerprint density at radius 3 is 1.94 bits per heavy atom. The highest BCUT2D eigenvalue weighted by Gasteiger charge is 2.76. The van der Waals surface area contributed by atoms with Crippen LogP contribution >= 0.6 is 11.8 Å². The summed E-state index contributed by atoms with van der Waals surface area (Å²) in [5.41, 5.74) is 1.87. The van der Waals surface area contributed by atoms with Crippen LogP contribution in [0.2, 0.25) is 0 Å². The van der Waals surface area contributed by atoms with E-state index in [1.54, 1.807) is 62.3 Å². The van der Waals surface area contributed by atoms with Crippen molar-refractivity contribution >= 4 is 34.8 Å². The largest absolute Gasteiger partial charge is 0.460 e. The van der Waals surface area contributed by atoms with Crippen LogP contribution in [0.1, 0.15) is 68.7 Å². The molecule has 0 aromatic heterocycles. The highest BCUT2D eigenvalue weighted by Crippen LogP contribution is 2.66. The number of amides is 1. The molecule has 2 aliphatic carbocycles. The summed E-state index contributed by atoms with van der Waals surface area (Å²) in [6, 6.07) is 0. The fourth-order valence-corrected chi connectivity index (χ4v) is 5.61. The number of alkyl carbamates (subject to hydrolysis) is 1. The average Bonchev–Trinajstić information content (AvgIpc) is 3.24. The topological polar surface area (TPSA) is 141 Å². The lowest BCUT2D eigenvalue weighted by atomic mass is 9.89. The number of hydrogen-bond acceptors (Lipinski definition) is 9. The second-order valence-electron chi connectivity index (χ2n) is 11.8. The van der Waals surface area contributed by atoms with E-state index in [9.17, 15) is 14.4 Å². The van der Waals surface area contributed by atoms with Crippen LogP contribution in [0.3, 0.4) is 0 Å². The Bertz CT molecular complexity index is 810. The summed E-state index contributed by atoms with van der Waals surface area (Å²) in [6.07, 6.45) is -0.565. The van der Waals surface area contributed by atoms with Crippen LogP contribution in [0, 0.1) is 23.2 Å². The van der Waals surface area contributed by atoms with Crippen LogP contribution in [0.5, 0.6) is 0 Å². The second kappa shape index (κ2) is 9.09. The molecule has 2 rings (SSSR count). The summed E-state index contributed by atoms with van der Waals surface area (Å²) in [7, 11) is 0. The van der Waals surface area contributed by atoms with Gasteiger partial charge in [-0.2, -0.15) is 0 Å². The van der Waals surface area contributed by atoms with Crippen molar-refractivity contribution in [2.75, 3.05) is 6.54 Å². The Kier molecular flexibility index (Phi) is 7.56. The van der Waals surface area contributed by atoms with Crippen LogP contribution in [0.25, 0.3) is 0 Å². The third-order valence-corrected chi connectivity index (χ3v) is 6.48. The molecule has 2 saturated carbocycles. The normalized spacial score (nSPS) is 29.0. The van der Waals surface area contributed by atoms with Gasteiger partial charge in [0.2, 0.25) is 0 Å². The van der Waals surface area contributed by atoms with Gasteiger partial charge in [0, 0.05) is 17.7 Å². The Morgan fingerprint density at radius 2 is 1.48 bits per heavy atom. The highest BCUT2D eigenvalue weighted by molar-refractivity contribution is 8.14. The lowest BCUT2D eigenvalue weighted by molar-refractivity contribution is -0.165. The molecule has 0 spiro atoms. The summed E-state index contributed by atoms with van der Waals surface area (Å²) in [4.78, 5) is 39.4. The van der Waals surface area contributed by atoms with Crippen LogP contribution < -0.4 is 11.1 Å². The predicted molar refractivity (Wildman–Crippen MR) is 127 cm³/mol. The van der Waals surface area contributed by atoms with Gasteiger partial charge in [0.05, 0.1) is 11.0 Å². The van der Waals surface area contributed by atoms with Crippen LogP contribution in [0.4, 0.5) is 4.79 Å². The fourth-order valence-electron chi connectivity index (χ4n) is 4.31. The fraction of sp³-hybridized carbons (Fsp3) is 0.826. The third-order valence-electron chi connectivity index (χ3n) is 5.24. The molecule has 0 heterocycles. The number of nitrogens with one attached hydrogen (secondary N) is 2. The van der Waals surface area contributed by atoms with Gasteiger partial charge in [0.15, 0.2) is 0 Å². The summed E-state index contributed by atoms with van der Waals surface area (Å²) in [5.74, 6) is -2.45. The summed E-state index contributed by atoms with van der Waals surface area (Å²) in [5, 5.41) is 10.8. The number of hydrogen-bond donors (Lipinski definition) is 3. The van der Waals surface area contributed by atoms with Gasteiger partial charge in [-0.25, -0.2) is 9.59 Å². The molecule has 188 valence electrons. The molecule has 10 heteroatoms. The smallest absolute Gasteiger partial charge is 0.408 e. The Balaban J connectivity index is 2.46. The molecule has 0 bridgehead atoms. The average molecular weight is 486 g/mol. The molecule has 5 atom stereocenters. The minimum absolute atomic E-state index is 0.0502. The maximum atomic E-state index is 13.5. The van der Waals surface area contributed by atoms with E-state index in [0.29, 0.717) is 0 Å². The molecule has 4 N–H and O–H groups in total. The van der Waals surface area contributed by atoms with Crippen molar-refractivity contribution in [3.05, 3.63) is 0 Å². The summed E-state index contributed by atoms with van der Waals surface area (Å²) < 4.78 is 16.8. The summed E-state index contributed by atoms with van der Waals surface area (Å²) >= 11 is 1.22. The van der Waals surface area contributed by atoms with Crippen LogP contribution in [-0.4, -0.2) is 57.2 Å². The van der Waals surface area contributed by atoms with Gasteiger partial charge in [0.1, 0.15) is 22.3 Å². The zero-order chi connectivity index (χ0) is 25.6. The number of esters is 2. The lowest BCUT2D eigenvalue weighted by Gasteiger charge is -2.35. The van der Waals surface area contributed by atoms with Crippen molar-refractivity contribution < 1.29 is 28.6 Å². The number of ether oxygens (including phenoxy) is 3. The van der Waals surface area contributed by atoms with Gasteiger partial charge in [-0.1, -0.05) is 0 Å². The molecule has 5 unspecified atom stereocenters. The predicted octanol–water partition coefficient (Wildman–Crippen LogP) is 3.24. The highest BCUT2D eigenvalue weighted by atomic mass is 32.2. The van der Waals surface area contributed by atoms with Gasteiger partial charge < -0.3 is 25.3 Å². The van der Waals surface area contributed by atoms with Crippen molar-refractivity contribution in [2.24, 2.45) is 23.5 Å². The molecule has 33 heavy (non-hydrogen) atoms. The molecule has 0 aromatic carbocycles. The zero-order valence-electron chi connectivity index (χ0n) is 21.2. The molecule has 2 fully saturated rings. The van der Waals surface area contributed by atoms with E-state index < -0.39 is 52.2 Å². The number of rotatable bonds is 5. The first-order valence-corrected chi connectivity index (χ1v) is 12.1. The van der Waals surface area contributed by atoms with Gasteiger partial charge in [0.25, 0.3) is 0 Å². The molecule has 1 amide bonds. The van der Waals surface area contributed by atoms with Crippen molar-refractivity contribution in [1.82, 2.24) is 5.32 Å². The van der Waals surface area contributed by atoms with E-state index in [1.165, 1.54) is 11.8 Å². The molecule has 0 aliphatic heterocycles. The van der Waals surface area contributed by atoms with E-state index in [4.69, 9.17) is 25.4 Å². The molecule has 0 radical (unpaired) electrons. The van der Waals surface area contributed by atoms with Gasteiger partial charge in [-0.15, -0.1) is 11.8 Å². The van der Waals surface area contributed by atoms with E-state index in [0.717, 1.165) is 0 Å². The van der Waals surface area contributed by atoms with E-state index >= 15 is 0 Å². The lowest BCUT2D eigenvalue weighted by Crippen LogP contribution is -2.59. The number of carbonyl (C=O) groups is 3. The third kappa shape index (κ3) is 6.85. The minimum Gasteiger partial charge on any atom is -0.460 e.